The number of nitrogens with zero attached hydrogens (tertiary/aromatic N) is 2. The maximum atomic E-state index is 14.1. The van der Waals surface area contributed by atoms with E-state index >= 15 is 0 Å². The van der Waals surface area contributed by atoms with Crippen LogP contribution < -0.4 is 14.4 Å². The number of hydrogen-bond donors (Lipinski definition) is 2. The number of hydrogen-bond acceptors (Lipinski definition) is 8. The molecule has 12 heteroatoms. The smallest absolute Gasteiger partial charge is 0.270 e. The van der Waals surface area contributed by atoms with Gasteiger partial charge in [0.1, 0.15) is 5.75 Å². The Morgan fingerprint density at radius 2 is 1.90 bits per heavy atom. The Bertz CT molecular complexity index is 1970. The lowest BCUT2D eigenvalue weighted by atomic mass is 9.68. The number of carbonyl (C=O) groups is 2. The zero-order chi connectivity index (χ0) is 36.7. The quantitative estimate of drug-likeness (QED) is 0.342. The molecule has 2 heterocycles. The van der Waals surface area contributed by atoms with E-state index in [0.717, 1.165) is 32.1 Å². The van der Waals surface area contributed by atoms with E-state index in [1.54, 1.807) is 50.6 Å². The van der Waals surface area contributed by atoms with Gasteiger partial charge in [0.15, 0.2) is 5.60 Å². The molecule has 0 aromatic heterocycles. The van der Waals surface area contributed by atoms with Crippen molar-refractivity contribution in [3.8, 4) is 5.75 Å². The first-order chi connectivity index (χ1) is 24.9. The van der Waals surface area contributed by atoms with Crippen LogP contribution in [0.4, 0.5) is 5.69 Å². The van der Waals surface area contributed by atoms with Crippen molar-refractivity contribution >= 4 is 39.1 Å². The first-order valence-corrected chi connectivity index (χ1v) is 19.9. The summed E-state index contributed by atoms with van der Waals surface area (Å²) in [6.45, 7) is 2.05. The normalized spacial score (nSPS) is 28.5. The number of fused-ring (bicyclic) bond motifs is 4. The SMILES string of the molecule is CO[C@H]1/C=C/CCN(C)C(=O)C[C@](O)(C(=O)NS(=O)(=O)c2ccccc2)c2ccc3c(c2)N(C[C@@H]2CC[C@H]21)C[C@@]1(CCCc2cc(Cl)ccc21)CO3. The molecule has 0 radical (unpaired) electrons. The second-order valence-corrected chi connectivity index (χ2v) is 16.9. The van der Waals surface area contributed by atoms with Gasteiger partial charge in [-0.15, -0.1) is 0 Å². The molecular weight excluding hydrogens is 702 g/mol. The summed E-state index contributed by atoms with van der Waals surface area (Å²) in [5.74, 6) is -0.563. The van der Waals surface area contributed by atoms with E-state index in [1.807, 2.05) is 12.1 Å². The standard InChI is InChI=1S/C40H46ClN3O7S/c1-43-20-7-6-12-35(50-2)32-16-13-28(32)24-44-25-39(19-8-9-27-21-30(41)15-17-33(27)39)26-51-36-18-14-29(22-34(36)44)40(47,23-37(43)45)38(46)42-52(48,49)31-10-4-3-5-11-31/h3-6,10-12,14-15,17-18,21-22,28,32,35,47H,7-9,13,16,19-20,23-26H2,1-2H3,(H,42,46)/b12-6+/t28-,32+,35-,39-,40+/m0/s1. The molecule has 1 spiro atoms. The van der Waals surface area contributed by atoms with Crippen LogP contribution in [-0.2, 0) is 41.8 Å². The summed E-state index contributed by atoms with van der Waals surface area (Å²) in [5.41, 5.74) is 0.314. The molecule has 0 unspecified atom stereocenters. The Labute approximate surface area is 310 Å². The first-order valence-electron chi connectivity index (χ1n) is 18.0. The number of methoxy groups -OCH3 is 1. The minimum absolute atomic E-state index is 0.0754. The number of benzene rings is 3. The number of ether oxygens (including phenoxy) is 2. The van der Waals surface area contributed by atoms with Crippen LogP contribution >= 0.6 is 11.6 Å². The summed E-state index contributed by atoms with van der Waals surface area (Å²) < 4.78 is 41.5. The summed E-state index contributed by atoms with van der Waals surface area (Å²) in [4.78, 5) is 31.5. The van der Waals surface area contributed by atoms with Crippen molar-refractivity contribution in [2.45, 2.75) is 67.0 Å². The molecule has 3 aromatic carbocycles. The van der Waals surface area contributed by atoms with Crippen molar-refractivity contribution in [3.63, 3.8) is 0 Å². The molecule has 1 fully saturated rings. The van der Waals surface area contributed by atoms with Crippen molar-refractivity contribution in [2.24, 2.45) is 11.8 Å². The molecule has 3 aromatic rings. The van der Waals surface area contributed by atoms with Crippen LogP contribution in [-0.4, -0.2) is 76.7 Å². The highest BCUT2D eigenvalue weighted by molar-refractivity contribution is 7.90. The molecule has 0 saturated heterocycles. The number of sulfonamides is 1. The van der Waals surface area contributed by atoms with Gasteiger partial charge in [0, 0.05) is 44.2 Å². The van der Waals surface area contributed by atoms with E-state index in [9.17, 15) is 23.1 Å². The number of aliphatic hydroxyl groups is 1. The molecule has 4 aliphatic rings. The molecule has 2 aliphatic heterocycles. The summed E-state index contributed by atoms with van der Waals surface area (Å²) in [6.07, 6.45) is 8.74. The molecule has 2 amide bonds. The number of nitrogens with one attached hydrogen (secondary N) is 1. The lowest BCUT2D eigenvalue weighted by molar-refractivity contribution is -0.148. The molecule has 276 valence electrons. The molecule has 2 aliphatic carbocycles. The maximum absolute atomic E-state index is 14.1. The number of anilines is 1. The molecule has 2 bridgehead atoms. The van der Waals surface area contributed by atoms with Gasteiger partial charge in [-0.2, -0.15) is 0 Å². The van der Waals surface area contributed by atoms with E-state index in [-0.39, 0.29) is 27.9 Å². The van der Waals surface area contributed by atoms with Crippen LogP contribution in [0.5, 0.6) is 5.75 Å². The van der Waals surface area contributed by atoms with E-state index in [4.69, 9.17) is 21.1 Å². The van der Waals surface area contributed by atoms with Crippen LogP contribution in [0.1, 0.15) is 55.2 Å². The molecule has 2 N–H and O–H groups in total. The minimum Gasteiger partial charge on any atom is -0.490 e. The summed E-state index contributed by atoms with van der Waals surface area (Å²) >= 11 is 6.46. The van der Waals surface area contributed by atoms with Gasteiger partial charge in [0.05, 0.1) is 29.7 Å². The van der Waals surface area contributed by atoms with Crippen molar-refractivity contribution in [2.75, 3.05) is 45.3 Å². The fraction of sp³-hybridized carbons (Fsp3) is 0.450. The van der Waals surface area contributed by atoms with Crippen LogP contribution in [0.2, 0.25) is 5.02 Å². The largest absolute Gasteiger partial charge is 0.490 e. The van der Waals surface area contributed by atoms with Crippen molar-refractivity contribution in [3.05, 3.63) is 101 Å². The van der Waals surface area contributed by atoms with Gasteiger partial charge in [0.2, 0.25) is 5.91 Å². The van der Waals surface area contributed by atoms with Crippen LogP contribution in [0.25, 0.3) is 0 Å². The van der Waals surface area contributed by atoms with Crippen molar-refractivity contribution in [1.82, 2.24) is 9.62 Å². The van der Waals surface area contributed by atoms with E-state index in [0.29, 0.717) is 55.0 Å². The highest BCUT2D eigenvalue weighted by Crippen LogP contribution is 2.48. The van der Waals surface area contributed by atoms with Gasteiger partial charge in [-0.1, -0.05) is 54.1 Å². The van der Waals surface area contributed by atoms with Crippen molar-refractivity contribution < 1.29 is 32.6 Å². The van der Waals surface area contributed by atoms with E-state index in [2.05, 4.69) is 27.8 Å². The fourth-order valence-electron chi connectivity index (χ4n) is 8.46. The number of carbonyl (C=O) groups excluding carboxylic acids is 2. The molecule has 52 heavy (non-hydrogen) atoms. The Balaban J connectivity index is 1.34. The van der Waals surface area contributed by atoms with Gasteiger partial charge < -0.3 is 24.4 Å². The number of rotatable bonds is 4. The Hall–Kier alpha value is -3.90. The zero-order valence-corrected chi connectivity index (χ0v) is 31.2. The Morgan fingerprint density at radius 1 is 1.10 bits per heavy atom. The van der Waals surface area contributed by atoms with Gasteiger partial charge in [-0.3, -0.25) is 9.59 Å². The second kappa shape index (κ2) is 14.5. The average Bonchev–Trinajstić information content (AvgIpc) is 3.27. The summed E-state index contributed by atoms with van der Waals surface area (Å²) in [6, 6.07) is 18.6. The van der Waals surface area contributed by atoms with Gasteiger partial charge in [-0.25, -0.2) is 13.1 Å². The van der Waals surface area contributed by atoms with Crippen LogP contribution in [0.15, 0.2) is 83.8 Å². The topological polar surface area (TPSA) is 125 Å². The van der Waals surface area contributed by atoms with Crippen LogP contribution in [0.3, 0.4) is 0 Å². The number of halogens is 1. The maximum Gasteiger partial charge on any atom is 0.270 e. The lowest BCUT2D eigenvalue weighted by Gasteiger charge is -2.46. The molecule has 10 nitrogen and oxygen atoms in total. The summed E-state index contributed by atoms with van der Waals surface area (Å²) in [7, 11) is -1.03. The number of aryl methyl sites for hydroxylation is 1. The third-order valence-corrected chi connectivity index (χ3v) is 13.2. The molecule has 5 atom stereocenters. The lowest BCUT2D eigenvalue weighted by Crippen LogP contribution is -2.50. The monoisotopic (exact) mass is 747 g/mol. The third kappa shape index (κ3) is 6.96. The highest BCUT2D eigenvalue weighted by Gasteiger charge is 2.47. The average molecular weight is 748 g/mol. The first kappa shape index (κ1) is 36.5. The highest BCUT2D eigenvalue weighted by atomic mass is 35.5. The predicted octanol–water partition coefficient (Wildman–Crippen LogP) is 5.36. The van der Waals surface area contributed by atoms with Crippen molar-refractivity contribution in [1.29, 1.82) is 0 Å². The van der Waals surface area contributed by atoms with Gasteiger partial charge >= 0.3 is 0 Å². The minimum atomic E-state index is -4.37. The predicted molar refractivity (Wildman–Crippen MR) is 199 cm³/mol. The van der Waals surface area contributed by atoms with E-state index < -0.39 is 33.9 Å². The van der Waals surface area contributed by atoms with Crippen LogP contribution in [0, 0.1) is 11.8 Å². The Morgan fingerprint density at radius 3 is 2.65 bits per heavy atom. The summed E-state index contributed by atoms with van der Waals surface area (Å²) in [5, 5.41) is 13.1. The zero-order valence-electron chi connectivity index (χ0n) is 29.6. The molecule has 7 rings (SSSR count). The second-order valence-electron chi connectivity index (χ2n) is 14.8. The van der Waals surface area contributed by atoms with Gasteiger partial charge in [-0.05, 0) is 103 Å². The van der Waals surface area contributed by atoms with E-state index in [1.165, 1.54) is 28.2 Å². The number of amides is 2. The molecule has 1 saturated carbocycles. The van der Waals surface area contributed by atoms with Gasteiger partial charge in [0.25, 0.3) is 15.9 Å². The Kier molecular flexibility index (Phi) is 10.2. The molecular formula is C40H46ClN3O7S. The fourth-order valence-corrected chi connectivity index (χ4v) is 9.70. The third-order valence-electron chi connectivity index (χ3n) is 11.6.